The molecule has 0 saturated heterocycles. The first-order valence-corrected chi connectivity index (χ1v) is 5.89. The van der Waals surface area contributed by atoms with Gasteiger partial charge in [-0.3, -0.25) is 10.1 Å². The molecule has 5 nitrogen and oxygen atoms in total. The molecule has 2 N–H and O–H groups in total. The molecule has 1 aromatic rings. The molecule has 0 aromatic heterocycles. The first-order valence-electron chi connectivity index (χ1n) is 5.89. The highest BCUT2D eigenvalue weighted by Crippen LogP contribution is 2.37. The molecular weight excluding hydrogens is 277 g/mol. The average molecular weight is 292 g/mol. The smallest absolute Gasteiger partial charge is 0.388 e. The first kappa shape index (κ1) is 16.2. The van der Waals surface area contributed by atoms with E-state index in [-0.39, 0.29) is 12.2 Å². The van der Waals surface area contributed by atoms with Crippen LogP contribution < -0.4 is 5.32 Å². The quantitative estimate of drug-likeness (QED) is 0.645. The topological polar surface area (TPSA) is 75.4 Å². The Bertz CT molecular complexity index is 501. The number of aliphatic hydroxyl groups is 1. The maximum Gasteiger partial charge on any atom is 0.423 e. The van der Waals surface area contributed by atoms with Gasteiger partial charge in [-0.05, 0) is 25.5 Å². The fraction of sp³-hybridized carbons (Fsp3) is 0.500. The number of nitrogens with one attached hydrogen (secondary N) is 1. The lowest BCUT2D eigenvalue weighted by atomic mass is 10.0. The number of rotatable bonds is 5. The van der Waals surface area contributed by atoms with Crippen LogP contribution in [-0.2, 0) is 6.18 Å². The SMILES string of the molecule is CCC(C)(O)CNc1ccc([N+](=O)[O-])c(C(F)(F)F)c1. The van der Waals surface area contributed by atoms with Crippen LogP contribution in [0.5, 0.6) is 0 Å². The monoisotopic (exact) mass is 292 g/mol. The number of anilines is 1. The van der Waals surface area contributed by atoms with Gasteiger partial charge < -0.3 is 10.4 Å². The summed E-state index contributed by atoms with van der Waals surface area (Å²) in [4.78, 5) is 9.51. The van der Waals surface area contributed by atoms with Crippen molar-refractivity contribution < 1.29 is 23.2 Å². The number of benzene rings is 1. The van der Waals surface area contributed by atoms with Crippen molar-refractivity contribution in [2.24, 2.45) is 0 Å². The van der Waals surface area contributed by atoms with Crippen LogP contribution in [0.2, 0.25) is 0 Å². The lowest BCUT2D eigenvalue weighted by molar-refractivity contribution is -0.388. The van der Waals surface area contributed by atoms with Gasteiger partial charge in [0.1, 0.15) is 5.56 Å². The standard InChI is InChI=1S/C12H15F3N2O3/c1-3-11(2,18)7-16-8-4-5-10(17(19)20)9(6-8)12(13,14)15/h4-6,16,18H,3,7H2,1-2H3. The molecule has 1 unspecified atom stereocenters. The molecule has 1 aromatic carbocycles. The summed E-state index contributed by atoms with van der Waals surface area (Å²) < 4.78 is 38.2. The second-order valence-corrected chi connectivity index (χ2v) is 4.69. The maximum atomic E-state index is 12.7. The van der Waals surface area contributed by atoms with Gasteiger partial charge in [-0.2, -0.15) is 13.2 Å². The van der Waals surface area contributed by atoms with Crippen molar-refractivity contribution in [3.63, 3.8) is 0 Å². The van der Waals surface area contributed by atoms with Gasteiger partial charge in [0.25, 0.3) is 5.69 Å². The van der Waals surface area contributed by atoms with Crippen LogP contribution in [0.4, 0.5) is 24.5 Å². The molecule has 20 heavy (non-hydrogen) atoms. The van der Waals surface area contributed by atoms with Crippen molar-refractivity contribution in [1.29, 1.82) is 0 Å². The number of hydrogen-bond acceptors (Lipinski definition) is 4. The fourth-order valence-corrected chi connectivity index (χ4v) is 1.45. The van der Waals surface area contributed by atoms with E-state index >= 15 is 0 Å². The molecule has 0 saturated carbocycles. The predicted octanol–water partition coefficient (Wildman–Crippen LogP) is 3.19. The third kappa shape index (κ3) is 4.09. The third-order valence-corrected chi connectivity index (χ3v) is 2.93. The number of nitrogens with zero attached hydrogens (tertiary/aromatic N) is 1. The highest BCUT2D eigenvalue weighted by Gasteiger charge is 2.38. The van der Waals surface area contributed by atoms with Crippen LogP contribution in [0.15, 0.2) is 18.2 Å². The van der Waals surface area contributed by atoms with Gasteiger partial charge in [-0.15, -0.1) is 0 Å². The number of halogens is 3. The predicted molar refractivity (Wildman–Crippen MR) is 67.5 cm³/mol. The second-order valence-electron chi connectivity index (χ2n) is 4.69. The van der Waals surface area contributed by atoms with Crippen molar-refractivity contribution >= 4 is 11.4 Å². The first-order chi connectivity index (χ1) is 9.07. The molecular formula is C12H15F3N2O3. The van der Waals surface area contributed by atoms with Crippen molar-refractivity contribution in [3.05, 3.63) is 33.9 Å². The van der Waals surface area contributed by atoms with Gasteiger partial charge in [0.2, 0.25) is 0 Å². The van der Waals surface area contributed by atoms with Crippen LogP contribution in [0.3, 0.4) is 0 Å². The van der Waals surface area contributed by atoms with Crippen molar-refractivity contribution in [1.82, 2.24) is 0 Å². The zero-order chi connectivity index (χ0) is 15.6. The zero-order valence-electron chi connectivity index (χ0n) is 11.0. The Morgan fingerprint density at radius 1 is 1.40 bits per heavy atom. The third-order valence-electron chi connectivity index (χ3n) is 2.93. The van der Waals surface area contributed by atoms with Crippen LogP contribution in [-0.4, -0.2) is 22.2 Å². The Hall–Kier alpha value is -1.83. The summed E-state index contributed by atoms with van der Waals surface area (Å²) in [6, 6.07) is 2.65. The number of alkyl halides is 3. The van der Waals surface area contributed by atoms with Gasteiger partial charge in [0.05, 0.1) is 10.5 Å². The Labute approximate surface area is 113 Å². The van der Waals surface area contributed by atoms with Crippen molar-refractivity contribution in [3.8, 4) is 0 Å². The Morgan fingerprint density at radius 3 is 2.45 bits per heavy atom. The fourth-order valence-electron chi connectivity index (χ4n) is 1.45. The highest BCUT2D eigenvalue weighted by atomic mass is 19.4. The van der Waals surface area contributed by atoms with Crippen LogP contribution in [0.1, 0.15) is 25.8 Å². The van der Waals surface area contributed by atoms with E-state index in [2.05, 4.69) is 5.32 Å². The maximum absolute atomic E-state index is 12.7. The summed E-state index contributed by atoms with van der Waals surface area (Å²) in [5.74, 6) is 0. The number of nitro benzene ring substituents is 1. The van der Waals surface area contributed by atoms with Gasteiger partial charge in [-0.25, -0.2) is 0 Å². The summed E-state index contributed by atoms with van der Waals surface area (Å²) >= 11 is 0. The van der Waals surface area contributed by atoms with Crippen LogP contribution in [0.25, 0.3) is 0 Å². The van der Waals surface area contributed by atoms with E-state index in [9.17, 15) is 28.4 Å². The molecule has 1 atom stereocenters. The summed E-state index contributed by atoms with van der Waals surface area (Å²) in [5.41, 5.74) is -3.31. The van der Waals surface area contributed by atoms with Crippen molar-refractivity contribution in [2.75, 3.05) is 11.9 Å². The van der Waals surface area contributed by atoms with E-state index in [1.165, 1.54) is 13.0 Å². The molecule has 1 rings (SSSR count). The molecule has 0 amide bonds. The summed E-state index contributed by atoms with van der Waals surface area (Å²) in [5, 5.41) is 23.0. The van der Waals surface area contributed by atoms with E-state index in [1.807, 2.05) is 0 Å². The van der Waals surface area contributed by atoms with Crippen LogP contribution in [0, 0.1) is 10.1 Å². The molecule has 0 bridgehead atoms. The minimum atomic E-state index is -4.81. The average Bonchev–Trinajstić information content (AvgIpc) is 2.35. The van der Waals surface area contributed by atoms with Gasteiger partial charge in [0, 0.05) is 18.3 Å². The van der Waals surface area contributed by atoms with Gasteiger partial charge >= 0.3 is 6.18 Å². The zero-order valence-corrected chi connectivity index (χ0v) is 11.0. The Kier molecular flexibility index (Phi) is 4.59. The Morgan fingerprint density at radius 2 is 2.00 bits per heavy atom. The normalized spacial score (nSPS) is 14.7. The molecule has 0 radical (unpaired) electrons. The molecule has 0 fully saturated rings. The Balaban J connectivity index is 3.05. The molecule has 112 valence electrons. The molecule has 0 aliphatic rings. The molecule has 0 aliphatic carbocycles. The molecule has 0 aliphatic heterocycles. The molecule has 8 heteroatoms. The summed E-state index contributed by atoms with van der Waals surface area (Å²) in [6.45, 7) is 3.31. The van der Waals surface area contributed by atoms with Crippen LogP contribution >= 0.6 is 0 Å². The lowest BCUT2D eigenvalue weighted by Crippen LogP contribution is -2.32. The summed E-state index contributed by atoms with van der Waals surface area (Å²) in [6.07, 6.45) is -4.40. The summed E-state index contributed by atoms with van der Waals surface area (Å²) in [7, 11) is 0. The molecule has 0 spiro atoms. The van der Waals surface area contributed by atoms with Gasteiger partial charge in [-0.1, -0.05) is 6.92 Å². The highest BCUT2D eigenvalue weighted by molar-refractivity contribution is 5.55. The number of hydrogen-bond donors (Lipinski definition) is 2. The minimum Gasteiger partial charge on any atom is -0.388 e. The van der Waals surface area contributed by atoms with E-state index in [1.54, 1.807) is 6.92 Å². The minimum absolute atomic E-state index is 0.0403. The molecule has 0 heterocycles. The van der Waals surface area contributed by atoms with Gasteiger partial charge in [0.15, 0.2) is 0 Å². The van der Waals surface area contributed by atoms with Crippen molar-refractivity contribution in [2.45, 2.75) is 32.0 Å². The number of nitro groups is 1. The largest absolute Gasteiger partial charge is 0.423 e. The van der Waals surface area contributed by atoms with E-state index < -0.39 is 28.0 Å². The van der Waals surface area contributed by atoms with E-state index in [0.717, 1.165) is 6.07 Å². The van der Waals surface area contributed by atoms with E-state index in [4.69, 9.17) is 0 Å². The second kappa shape index (κ2) is 5.66. The van der Waals surface area contributed by atoms with E-state index in [0.29, 0.717) is 12.5 Å². The lowest BCUT2D eigenvalue weighted by Gasteiger charge is -2.22.